The van der Waals surface area contributed by atoms with E-state index >= 15 is 0 Å². The van der Waals surface area contributed by atoms with Crippen molar-refractivity contribution in [1.82, 2.24) is 5.32 Å². The summed E-state index contributed by atoms with van der Waals surface area (Å²) in [6.07, 6.45) is -0.992. The van der Waals surface area contributed by atoms with Gasteiger partial charge in [-0.1, -0.05) is 13.8 Å². The van der Waals surface area contributed by atoms with Crippen LogP contribution < -0.4 is 5.32 Å². The van der Waals surface area contributed by atoms with Gasteiger partial charge in [0.2, 0.25) is 0 Å². The summed E-state index contributed by atoms with van der Waals surface area (Å²) in [5.74, 6) is 0. The van der Waals surface area contributed by atoms with E-state index in [2.05, 4.69) is 5.32 Å². The molecule has 0 aliphatic carbocycles. The molecule has 0 rings (SSSR count). The van der Waals surface area contributed by atoms with Crippen molar-refractivity contribution in [1.29, 1.82) is 0 Å². The molecule has 0 saturated carbocycles. The molecule has 0 saturated heterocycles. The summed E-state index contributed by atoms with van der Waals surface area (Å²) in [6.45, 7) is 4.84. The molecule has 4 nitrogen and oxygen atoms in total. The lowest BCUT2D eigenvalue weighted by atomic mass is 9.95. The molecule has 0 radical (unpaired) electrons. The molecule has 1 amide bonds. The number of nitrogens with one attached hydrogen (secondary N) is 1. The van der Waals surface area contributed by atoms with Crippen molar-refractivity contribution in [3.05, 3.63) is 0 Å². The van der Waals surface area contributed by atoms with Gasteiger partial charge in [-0.25, -0.2) is 4.79 Å². The van der Waals surface area contributed by atoms with Crippen LogP contribution in [0.15, 0.2) is 0 Å². The van der Waals surface area contributed by atoms with Gasteiger partial charge in [-0.2, -0.15) is 0 Å². The highest BCUT2D eigenvalue weighted by Crippen LogP contribution is 2.12. The highest BCUT2D eigenvalue weighted by atomic mass is 16.5. The summed E-state index contributed by atoms with van der Waals surface area (Å²) in [7, 11) is 1.60. The van der Waals surface area contributed by atoms with Crippen LogP contribution in [0.4, 0.5) is 4.79 Å². The van der Waals surface area contributed by atoms with Gasteiger partial charge in [-0.05, 0) is 0 Å². The van der Waals surface area contributed by atoms with Crippen LogP contribution in [0.5, 0.6) is 0 Å². The first-order valence-electron chi connectivity index (χ1n) is 3.44. The normalized spacial score (nSPS) is 11.2. The molecule has 0 atom stereocenters. The highest BCUT2D eigenvalue weighted by Gasteiger charge is 2.17. The van der Waals surface area contributed by atoms with Gasteiger partial charge in [0, 0.05) is 19.1 Å². The first-order chi connectivity index (χ1) is 4.98. The Labute approximate surface area is 66.5 Å². The van der Waals surface area contributed by atoms with Gasteiger partial charge < -0.3 is 15.2 Å². The maximum absolute atomic E-state index is 10.1. The highest BCUT2D eigenvalue weighted by molar-refractivity contribution is 5.64. The summed E-state index contributed by atoms with van der Waals surface area (Å²) < 4.78 is 4.91. The minimum Gasteiger partial charge on any atom is -0.465 e. The minimum absolute atomic E-state index is 0.132. The van der Waals surface area contributed by atoms with Gasteiger partial charge in [0.25, 0.3) is 0 Å². The van der Waals surface area contributed by atoms with E-state index in [9.17, 15) is 4.79 Å². The summed E-state index contributed by atoms with van der Waals surface area (Å²) in [4.78, 5) is 10.1. The molecule has 0 spiro atoms. The number of ether oxygens (including phenoxy) is 1. The molecular formula is C7H15NO3. The van der Waals surface area contributed by atoms with Crippen LogP contribution in [0.1, 0.15) is 13.8 Å². The second-order valence-corrected chi connectivity index (χ2v) is 3.26. The van der Waals surface area contributed by atoms with Crippen LogP contribution in [-0.4, -0.2) is 31.5 Å². The van der Waals surface area contributed by atoms with Crippen molar-refractivity contribution in [2.75, 3.05) is 20.3 Å². The number of hydrogen-bond donors (Lipinski definition) is 2. The SMILES string of the molecule is COCC(C)(C)CNC(=O)O. The van der Waals surface area contributed by atoms with Crippen LogP contribution in [0, 0.1) is 5.41 Å². The summed E-state index contributed by atoms with van der Waals surface area (Å²) in [6, 6.07) is 0. The van der Waals surface area contributed by atoms with Gasteiger partial charge >= 0.3 is 6.09 Å². The lowest BCUT2D eigenvalue weighted by molar-refractivity contribution is 0.102. The van der Waals surface area contributed by atoms with E-state index in [1.165, 1.54) is 0 Å². The van der Waals surface area contributed by atoms with E-state index in [-0.39, 0.29) is 5.41 Å². The summed E-state index contributed by atoms with van der Waals surface area (Å²) >= 11 is 0. The second kappa shape index (κ2) is 4.18. The lowest BCUT2D eigenvalue weighted by Crippen LogP contribution is -2.35. The zero-order valence-corrected chi connectivity index (χ0v) is 7.18. The topological polar surface area (TPSA) is 58.6 Å². The third-order valence-corrected chi connectivity index (χ3v) is 1.25. The Balaban J connectivity index is 3.63. The fraction of sp³-hybridized carbons (Fsp3) is 0.857. The Bertz CT molecular complexity index is 134. The largest absolute Gasteiger partial charge is 0.465 e. The third-order valence-electron chi connectivity index (χ3n) is 1.25. The number of carbonyl (C=O) groups is 1. The molecule has 0 aliphatic rings. The second-order valence-electron chi connectivity index (χ2n) is 3.26. The van der Waals surface area contributed by atoms with Crippen molar-refractivity contribution in [2.45, 2.75) is 13.8 Å². The first-order valence-corrected chi connectivity index (χ1v) is 3.44. The third kappa shape index (κ3) is 5.66. The number of amides is 1. The summed E-state index contributed by atoms with van der Waals surface area (Å²) in [5, 5.41) is 10.6. The molecule has 0 aromatic carbocycles. The quantitative estimate of drug-likeness (QED) is 0.644. The average Bonchev–Trinajstić information content (AvgIpc) is 1.84. The number of methoxy groups -OCH3 is 1. The predicted octanol–water partition coefficient (Wildman–Crippen LogP) is 0.927. The molecule has 66 valence electrons. The van der Waals surface area contributed by atoms with Crippen LogP contribution in [0.2, 0.25) is 0 Å². The van der Waals surface area contributed by atoms with Crippen molar-refractivity contribution < 1.29 is 14.6 Å². The Morgan fingerprint density at radius 2 is 2.18 bits per heavy atom. The fourth-order valence-electron chi connectivity index (χ4n) is 0.757. The molecule has 4 heteroatoms. The Kier molecular flexibility index (Phi) is 3.89. The zero-order valence-electron chi connectivity index (χ0n) is 7.18. The molecule has 0 aliphatic heterocycles. The van der Waals surface area contributed by atoms with E-state index in [0.717, 1.165) is 0 Å². The van der Waals surface area contributed by atoms with Crippen molar-refractivity contribution in [3.8, 4) is 0 Å². The zero-order chi connectivity index (χ0) is 8.91. The lowest BCUT2D eigenvalue weighted by Gasteiger charge is -2.22. The van der Waals surface area contributed by atoms with Crippen molar-refractivity contribution in [3.63, 3.8) is 0 Å². The molecule has 0 aromatic rings. The molecule has 2 N–H and O–H groups in total. The minimum atomic E-state index is -0.992. The number of carboxylic acid groups (broad SMARTS) is 1. The molecular weight excluding hydrogens is 146 g/mol. The maximum atomic E-state index is 10.1. The van der Waals surface area contributed by atoms with Crippen LogP contribution in [0.3, 0.4) is 0 Å². The van der Waals surface area contributed by atoms with Gasteiger partial charge in [-0.3, -0.25) is 0 Å². The van der Waals surface area contributed by atoms with E-state index in [0.29, 0.717) is 13.2 Å². The van der Waals surface area contributed by atoms with E-state index < -0.39 is 6.09 Å². The smallest absolute Gasteiger partial charge is 0.404 e. The molecule has 0 aromatic heterocycles. The predicted molar refractivity (Wildman–Crippen MR) is 41.7 cm³/mol. The van der Waals surface area contributed by atoms with Gasteiger partial charge in [-0.15, -0.1) is 0 Å². The van der Waals surface area contributed by atoms with Crippen molar-refractivity contribution in [2.24, 2.45) is 5.41 Å². The summed E-state index contributed by atoms with van der Waals surface area (Å²) in [5.41, 5.74) is -0.132. The fourth-order valence-corrected chi connectivity index (χ4v) is 0.757. The van der Waals surface area contributed by atoms with E-state index in [1.54, 1.807) is 7.11 Å². The molecule has 0 fully saturated rings. The molecule has 11 heavy (non-hydrogen) atoms. The van der Waals surface area contributed by atoms with Crippen LogP contribution >= 0.6 is 0 Å². The maximum Gasteiger partial charge on any atom is 0.404 e. The van der Waals surface area contributed by atoms with Gasteiger partial charge in [0.05, 0.1) is 6.61 Å². The van der Waals surface area contributed by atoms with E-state index in [4.69, 9.17) is 9.84 Å². The Hall–Kier alpha value is -0.770. The number of hydrogen-bond acceptors (Lipinski definition) is 2. The number of rotatable bonds is 4. The average molecular weight is 161 g/mol. The van der Waals surface area contributed by atoms with Crippen LogP contribution in [0.25, 0.3) is 0 Å². The molecule has 0 unspecified atom stereocenters. The Morgan fingerprint density at radius 1 is 1.64 bits per heavy atom. The van der Waals surface area contributed by atoms with E-state index in [1.807, 2.05) is 13.8 Å². The van der Waals surface area contributed by atoms with Crippen molar-refractivity contribution >= 4 is 6.09 Å². The van der Waals surface area contributed by atoms with Crippen LogP contribution in [-0.2, 0) is 4.74 Å². The first kappa shape index (κ1) is 10.2. The van der Waals surface area contributed by atoms with Gasteiger partial charge in [0.15, 0.2) is 0 Å². The molecule has 0 bridgehead atoms. The monoisotopic (exact) mass is 161 g/mol. The standard InChI is InChI=1S/C7H15NO3/c1-7(2,5-11-3)4-8-6(9)10/h8H,4-5H2,1-3H3,(H,9,10). The van der Waals surface area contributed by atoms with Gasteiger partial charge in [0.1, 0.15) is 0 Å². The molecule has 0 heterocycles. The Morgan fingerprint density at radius 3 is 2.55 bits per heavy atom.